The third-order valence-corrected chi connectivity index (χ3v) is 11.4. The van der Waals surface area contributed by atoms with Gasteiger partial charge in [-0.15, -0.1) is 0 Å². The first-order valence-corrected chi connectivity index (χ1v) is 19.6. The molecule has 0 spiro atoms. The van der Waals surface area contributed by atoms with Gasteiger partial charge < -0.3 is 9.88 Å². The molecule has 1 unspecified atom stereocenters. The Bertz CT molecular complexity index is 3180. The average Bonchev–Trinajstić information content (AvgIpc) is 3.64. The Morgan fingerprint density at radius 3 is 1.72 bits per heavy atom. The van der Waals surface area contributed by atoms with Crippen molar-refractivity contribution >= 4 is 54.9 Å². The zero-order valence-corrected chi connectivity index (χ0v) is 31.2. The van der Waals surface area contributed by atoms with Gasteiger partial charge in [-0.3, -0.25) is 0 Å². The fourth-order valence-electron chi connectivity index (χ4n) is 8.54. The van der Waals surface area contributed by atoms with Crippen LogP contribution in [0.4, 0.5) is 0 Å². The number of hydrogen-bond donors (Lipinski definition) is 1. The van der Waals surface area contributed by atoms with Crippen molar-refractivity contribution in [1.82, 2.24) is 9.88 Å². The quantitative estimate of drug-likeness (QED) is 0.182. The predicted octanol–water partition coefficient (Wildman–Crippen LogP) is 13.6. The van der Waals surface area contributed by atoms with Gasteiger partial charge in [-0.2, -0.15) is 0 Å². The van der Waals surface area contributed by atoms with Crippen molar-refractivity contribution in [1.29, 1.82) is 0 Å². The van der Waals surface area contributed by atoms with Crippen LogP contribution in [0.25, 0.3) is 77.0 Å². The van der Waals surface area contributed by atoms with Crippen molar-refractivity contribution in [2.24, 2.45) is 4.99 Å². The van der Waals surface area contributed by atoms with E-state index >= 15 is 0 Å². The molecule has 3 nitrogen and oxygen atoms in total. The lowest BCUT2D eigenvalue weighted by Crippen LogP contribution is -2.31. The molecule has 0 saturated heterocycles. The number of nitrogens with one attached hydrogen (secondary N) is 1. The standard InChI is InChI=1S/C54H37N3/c1-4-12-36(13-5-1)42-23-20-37-21-24-43(33-45(37)32-42)44-25-22-38-28-31-52-53(48(38)34-44)47-18-10-11-19-51(47)57(52)46-29-26-41(27-30-46)54-55-49(39-14-6-2-7-15-39)35-50(56-54)40-16-8-3-9-17-40/h1-35,49H,(H,55,56). The van der Waals surface area contributed by atoms with E-state index in [2.05, 4.69) is 216 Å². The molecule has 57 heavy (non-hydrogen) atoms. The van der Waals surface area contributed by atoms with Crippen molar-refractivity contribution in [3.63, 3.8) is 0 Å². The van der Waals surface area contributed by atoms with Crippen LogP contribution in [0.15, 0.2) is 217 Å². The van der Waals surface area contributed by atoms with Crippen LogP contribution in [0.1, 0.15) is 22.7 Å². The second-order valence-corrected chi connectivity index (χ2v) is 14.8. The van der Waals surface area contributed by atoms with Crippen LogP contribution in [-0.2, 0) is 0 Å². The lowest BCUT2D eigenvalue weighted by atomic mass is 9.95. The maximum Gasteiger partial charge on any atom is 0.134 e. The summed E-state index contributed by atoms with van der Waals surface area (Å²) in [5.74, 6) is 0.863. The number of amidine groups is 1. The third-order valence-electron chi connectivity index (χ3n) is 11.4. The number of aliphatic imine (C=N–C) groups is 1. The normalized spacial score (nSPS) is 14.1. The molecule has 0 fully saturated rings. The minimum Gasteiger partial charge on any atom is -0.359 e. The molecule has 9 aromatic carbocycles. The van der Waals surface area contributed by atoms with Crippen molar-refractivity contribution in [2.45, 2.75) is 6.04 Å². The number of aromatic nitrogens is 1. The molecule has 1 aromatic heterocycles. The number of fused-ring (bicyclic) bond motifs is 6. The van der Waals surface area contributed by atoms with Gasteiger partial charge in [0.1, 0.15) is 5.84 Å². The maximum atomic E-state index is 5.15. The number of nitrogens with zero attached hydrogens (tertiary/aromatic N) is 2. The van der Waals surface area contributed by atoms with Gasteiger partial charge in [0.25, 0.3) is 0 Å². The highest BCUT2D eigenvalue weighted by Gasteiger charge is 2.21. The number of benzene rings is 9. The topological polar surface area (TPSA) is 29.3 Å². The third kappa shape index (κ3) is 5.89. The summed E-state index contributed by atoms with van der Waals surface area (Å²) in [6.45, 7) is 0. The molecule has 10 aromatic rings. The molecule has 1 N–H and O–H groups in total. The average molecular weight is 728 g/mol. The van der Waals surface area contributed by atoms with E-state index in [1.165, 1.54) is 71.2 Å². The minimum atomic E-state index is 0.00506. The molecule has 0 amide bonds. The van der Waals surface area contributed by atoms with Crippen LogP contribution in [0.3, 0.4) is 0 Å². The van der Waals surface area contributed by atoms with E-state index in [0.29, 0.717) is 0 Å². The molecule has 1 aliphatic rings. The fourth-order valence-corrected chi connectivity index (χ4v) is 8.54. The van der Waals surface area contributed by atoms with Gasteiger partial charge in [-0.25, -0.2) is 4.99 Å². The summed E-state index contributed by atoms with van der Waals surface area (Å²) in [5, 5.41) is 11.2. The van der Waals surface area contributed by atoms with Gasteiger partial charge in [0.15, 0.2) is 0 Å². The van der Waals surface area contributed by atoms with E-state index in [0.717, 1.165) is 28.3 Å². The monoisotopic (exact) mass is 727 g/mol. The summed E-state index contributed by atoms with van der Waals surface area (Å²) in [7, 11) is 0. The molecule has 0 aliphatic carbocycles. The summed E-state index contributed by atoms with van der Waals surface area (Å²) in [6, 6.07) is 74.3. The Hall–Kier alpha value is -7.49. The smallest absolute Gasteiger partial charge is 0.134 e. The van der Waals surface area contributed by atoms with E-state index in [9.17, 15) is 0 Å². The molecule has 3 heteroatoms. The molecule has 1 aliphatic heterocycles. The van der Waals surface area contributed by atoms with Crippen molar-refractivity contribution < 1.29 is 0 Å². The van der Waals surface area contributed by atoms with Crippen LogP contribution in [-0.4, -0.2) is 10.4 Å². The van der Waals surface area contributed by atoms with Crippen LogP contribution >= 0.6 is 0 Å². The highest BCUT2D eigenvalue weighted by Crippen LogP contribution is 2.39. The first-order chi connectivity index (χ1) is 28.2. The van der Waals surface area contributed by atoms with Gasteiger partial charge >= 0.3 is 0 Å². The van der Waals surface area contributed by atoms with E-state index in [-0.39, 0.29) is 6.04 Å². The Morgan fingerprint density at radius 2 is 0.982 bits per heavy atom. The second-order valence-electron chi connectivity index (χ2n) is 14.8. The SMILES string of the molecule is C1=C(c2ccccc2)N=C(c2ccc(-n3c4ccccc4c4c5cc(-c6ccc7ccc(-c8ccccc8)cc7c6)ccc5ccc43)cc2)NC1c1ccccc1. The summed E-state index contributed by atoms with van der Waals surface area (Å²) in [5.41, 5.74) is 12.7. The van der Waals surface area contributed by atoms with E-state index in [4.69, 9.17) is 4.99 Å². The fraction of sp³-hybridized carbons (Fsp3) is 0.0185. The van der Waals surface area contributed by atoms with Gasteiger partial charge in [0.2, 0.25) is 0 Å². The summed E-state index contributed by atoms with van der Waals surface area (Å²) in [6.07, 6.45) is 2.22. The van der Waals surface area contributed by atoms with Gasteiger partial charge in [-0.1, -0.05) is 152 Å². The van der Waals surface area contributed by atoms with Crippen LogP contribution in [0.5, 0.6) is 0 Å². The van der Waals surface area contributed by atoms with Crippen molar-refractivity contribution in [3.8, 4) is 27.9 Å². The Kier molecular flexibility index (Phi) is 7.89. The molecule has 0 saturated carbocycles. The first kappa shape index (κ1) is 32.9. The zero-order chi connectivity index (χ0) is 37.7. The maximum absolute atomic E-state index is 5.15. The van der Waals surface area contributed by atoms with Gasteiger partial charge in [-0.05, 0) is 116 Å². The number of rotatable bonds is 6. The Labute approximate surface area is 331 Å². The minimum absolute atomic E-state index is 0.00506. The Balaban J connectivity index is 0.996. The molecule has 2 heterocycles. The molecule has 0 radical (unpaired) electrons. The molecule has 1 atom stereocenters. The van der Waals surface area contributed by atoms with Crippen molar-refractivity contribution in [3.05, 3.63) is 229 Å². The van der Waals surface area contributed by atoms with Gasteiger partial charge in [0, 0.05) is 22.0 Å². The lowest BCUT2D eigenvalue weighted by Gasteiger charge is -2.24. The molecule has 0 bridgehead atoms. The largest absolute Gasteiger partial charge is 0.359 e. The van der Waals surface area contributed by atoms with E-state index < -0.39 is 0 Å². The zero-order valence-electron chi connectivity index (χ0n) is 31.2. The number of hydrogen-bond acceptors (Lipinski definition) is 2. The second kappa shape index (κ2) is 13.7. The molecule has 11 rings (SSSR count). The van der Waals surface area contributed by atoms with Crippen LogP contribution in [0, 0.1) is 0 Å². The van der Waals surface area contributed by atoms with Crippen molar-refractivity contribution in [2.75, 3.05) is 0 Å². The molecular formula is C54H37N3. The van der Waals surface area contributed by atoms with E-state index in [1.807, 2.05) is 6.07 Å². The first-order valence-electron chi connectivity index (χ1n) is 19.6. The van der Waals surface area contributed by atoms with Crippen LogP contribution < -0.4 is 5.32 Å². The summed E-state index contributed by atoms with van der Waals surface area (Å²) in [4.78, 5) is 5.15. The number of para-hydroxylation sites is 1. The molecular weight excluding hydrogens is 691 g/mol. The Morgan fingerprint density at radius 1 is 0.404 bits per heavy atom. The summed E-state index contributed by atoms with van der Waals surface area (Å²) >= 11 is 0. The van der Waals surface area contributed by atoms with E-state index in [1.54, 1.807) is 0 Å². The molecule has 268 valence electrons. The highest BCUT2D eigenvalue weighted by atomic mass is 15.0. The van der Waals surface area contributed by atoms with Gasteiger partial charge in [0.05, 0.1) is 22.8 Å². The lowest BCUT2D eigenvalue weighted by molar-refractivity contribution is 0.781. The summed E-state index contributed by atoms with van der Waals surface area (Å²) < 4.78 is 2.40. The predicted molar refractivity (Wildman–Crippen MR) is 240 cm³/mol. The van der Waals surface area contributed by atoms with Crippen LogP contribution in [0.2, 0.25) is 0 Å². The highest BCUT2D eigenvalue weighted by molar-refractivity contribution is 6.22.